The van der Waals surface area contributed by atoms with E-state index in [4.69, 9.17) is 0 Å². The summed E-state index contributed by atoms with van der Waals surface area (Å²) >= 11 is 0. The molecule has 1 aromatic rings. The first-order valence-electron chi connectivity index (χ1n) is 5.76. The topological polar surface area (TPSA) is 65.7 Å². The van der Waals surface area contributed by atoms with Crippen LogP contribution in [-0.2, 0) is 13.2 Å². The van der Waals surface area contributed by atoms with Crippen LogP contribution in [0.5, 0.6) is 5.75 Å². The number of aliphatic hydroxyl groups excluding tert-OH is 1. The molecule has 94 valence electrons. The number of nitrogens with zero attached hydrogens (tertiary/aromatic N) is 2. The summed E-state index contributed by atoms with van der Waals surface area (Å²) in [4.78, 5) is 13.5. The fourth-order valence-corrected chi connectivity index (χ4v) is 2.08. The molecule has 1 aromatic heterocycles. The summed E-state index contributed by atoms with van der Waals surface area (Å²) in [6.45, 7) is 0.317. The van der Waals surface area contributed by atoms with E-state index in [9.17, 15) is 15.0 Å². The zero-order chi connectivity index (χ0) is 12.6. The molecule has 1 aliphatic rings. The molecule has 5 heteroatoms. The molecule has 0 saturated heterocycles. The van der Waals surface area contributed by atoms with Crippen molar-refractivity contribution in [3.8, 4) is 5.75 Å². The average Bonchev–Trinajstić information content (AvgIpc) is 3.07. The van der Waals surface area contributed by atoms with Gasteiger partial charge in [-0.1, -0.05) is 0 Å². The molecule has 0 aromatic carbocycles. The van der Waals surface area contributed by atoms with Crippen LogP contribution in [0.1, 0.15) is 30.3 Å². The van der Waals surface area contributed by atoms with Crippen molar-refractivity contribution >= 4 is 0 Å². The van der Waals surface area contributed by atoms with Crippen LogP contribution in [0.25, 0.3) is 0 Å². The lowest BCUT2D eigenvalue weighted by Gasteiger charge is -2.20. The number of aliphatic hydroxyl groups is 1. The van der Waals surface area contributed by atoms with Crippen LogP contribution < -0.4 is 5.43 Å². The first kappa shape index (κ1) is 12.1. The van der Waals surface area contributed by atoms with Gasteiger partial charge in [0.2, 0.25) is 5.43 Å². The molecule has 0 bridgehead atoms. The molecular formula is C12H18N2O3. The summed E-state index contributed by atoms with van der Waals surface area (Å²) in [5.74, 6) is -0.192. The predicted octanol–water partition coefficient (Wildman–Crippen LogP) is 0.443. The van der Waals surface area contributed by atoms with Crippen molar-refractivity contribution in [3.05, 3.63) is 27.7 Å². The Kier molecular flexibility index (Phi) is 3.22. The first-order chi connectivity index (χ1) is 8.04. The molecule has 2 rings (SSSR count). The highest BCUT2D eigenvalue weighted by Gasteiger charge is 2.29. The van der Waals surface area contributed by atoms with Crippen LogP contribution in [-0.4, -0.2) is 33.8 Å². The Morgan fingerprint density at radius 1 is 1.47 bits per heavy atom. The van der Waals surface area contributed by atoms with Gasteiger partial charge in [-0.2, -0.15) is 0 Å². The number of pyridine rings is 1. The highest BCUT2D eigenvalue weighted by molar-refractivity contribution is 5.31. The molecule has 0 unspecified atom stereocenters. The van der Waals surface area contributed by atoms with Crippen molar-refractivity contribution in [3.63, 3.8) is 0 Å². The maximum Gasteiger partial charge on any atom is 0.223 e. The second-order valence-electron chi connectivity index (χ2n) is 4.79. The van der Waals surface area contributed by atoms with Crippen molar-refractivity contribution in [2.24, 2.45) is 0 Å². The Morgan fingerprint density at radius 2 is 2.12 bits per heavy atom. The lowest BCUT2D eigenvalue weighted by atomic mass is 10.2. The summed E-state index contributed by atoms with van der Waals surface area (Å²) in [6.07, 6.45) is 2.07. The molecule has 1 aliphatic carbocycles. The van der Waals surface area contributed by atoms with Crippen LogP contribution in [0, 0.1) is 0 Å². The molecular weight excluding hydrogens is 220 g/mol. The summed E-state index contributed by atoms with van der Waals surface area (Å²) in [5.41, 5.74) is 0.781. The second-order valence-corrected chi connectivity index (χ2v) is 4.79. The third-order valence-electron chi connectivity index (χ3n) is 2.94. The number of aromatic nitrogens is 1. The molecule has 1 saturated carbocycles. The van der Waals surface area contributed by atoms with Crippen LogP contribution in [0.15, 0.2) is 10.9 Å². The third-order valence-corrected chi connectivity index (χ3v) is 2.94. The summed E-state index contributed by atoms with van der Waals surface area (Å²) in [7, 11) is 3.76. The van der Waals surface area contributed by atoms with E-state index in [1.165, 1.54) is 6.07 Å². The van der Waals surface area contributed by atoms with E-state index in [0.29, 0.717) is 24.0 Å². The van der Waals surface area contributed by atoms with Gasteiger partial charge in [-0.3, -0.25) is 4.79 Å². The normalized spacial score (nSPS) is 15.5. The van der Waals surface area contributed by atoms with Crippen molar-refractivity contribution in [1.29, 1.82) is 0 Å². The van der Waals surface area contributed by atoms with Gasteiger partial charge in [0.1, 0.15) is 0 Å². The van der Waals surface area contributed by atoms with E-state index >= 15 is 0 Å². The van der Waals surface area contributed by atoms with Crippen molar-refractivity contribution in [1.82, 2.24) is 9.47 Å². The molecule has 0 radical (unpaired) electrons. The van der Waals surface area contributed by atoms with Crippen molar-refractivity contribution in [2.45, 2.75) is 32.0 Å². The van der Waals surface area contributed by atoms with Crippen molar-refractivity contribution in [2.75, 3.05) is 14.1 Å². The van der Waals surface area contributed by atoms with Gasteiger partial charge in [-0.05, 0) is 26.9 Å². The van der Waals surface area contributed by atoms with E-state index < -0.39 is 5.43 Å². The number of rotatable bonds is 4. The Hall–Kier alpha value is -1.33. The molecule has 2 N–H and O–H groups in total. The average molecular weight is 238 g/mol. The standard InChI is InChI=1S/C12H18N2O3/c1-13(2)6-10-12(17)11(16)5-9(7-15)14(10)8-3-4-8/h5,8,15,17H,3-4,6-7H2,1-2H3. The van der Waals surface area contributed by atoms with Crippen LogP contribution in [0.4, 0.5) is 0 Å². The molecule has 5 nitrogen and oxygen atoms in total. The number of hydrogen-bond donors (Lipinski definition) is 2. The molecule has 0 atom stereocenters. The highest BCUT2D eigenvalue weighted by Crippen LogP contribution is 2.38. The molecule has 0 amide bonds. The molecule has 1 fully saturated rings. The zero-order valence-corrected chi connectivity index (χ0v) is 10.2. The maximum absolute atomic E-state index is 11.6. The molecule has 17 heavy (non-hydrogen) atoms. The van der Waals surface area contributed by atoms with Gasteiger partial charge in [0.15, 0.2) is 5.75 Å². The fraction of sp³-hybridized carbons (Fsp3) is 0.583. The third kappa shape index (κ3) is 2.35. The minimum absolute atomic E-state index is 0.174. The summed E-state index contributed by atoms with van der Waals surface area (Å²) in [5, 5.41) is 19.2. The summed E-state index contributed by atoms with van der Waals surface area (Å²) in [6, 6.07) is 1.64. The lowest BCUT2D eigenvalue weighted by molar-refractivity contribution is 0.264. The van der Waals surface area contributed by atoms with E-state index in [-0.39, 0.29) is 12.4 Å². The minimum Gasteiger partial charge on any atom is -0.503 e. The number of aromatic hydroxyl groups is 1. The lowest BCUT2D eigenvalue weighted by Crippen LogP contribution is -2.22. The highest BCUT2D eigenvalue weighted by atomic mass is 16.3. The quantitative estimate of drug-likeness (QED) is 0.799. The Labute approximate surface area is 99.9 Å². The second kappa shape index (κ2) is 4.50. The molecule has 0 aliphatic heterocycles. The largest absolute Gasteiger partial charge is 0.503 e. The Bertz CT molecular complexity index is 475. The summed E-state index contributed by atoms with van der Waals surface area (Å²) < 4.78 is 1.91. The minimum atomic E-state index is -0.414. The van der Waals surface area contributed by atoms with E-state index in [2.05, 4.69) is 0 Å². The van der Waals surface area contributed by atoms with Crippen molar-refractivity contribution < 1.29 is 10.2 Å². The fourth-order valence-electron chi connectivity index (χ4n) is 2.08. The van der Waals surface area contributed by atoms with Gasteiger partial charge in [-0.15, -0.1) is 0 Å². The van der Waals surface area contributed by atoms with E-state index in [1.54, 1.807) is 0 Å². The van der Waals surface area contributed by atoms with E-state index in [1.807, 2.05) is 23.6 Å². The van der Waals surface area contributed by atoms with Gasteiger partial charge < -0.3 is 19.7 Å². The monoisotopic (exact) mass is 238 g/mol. The maximum atomic E-state index is 11.6. The molecule has 1 heterocycles. The van der Waals surface area contributed by atoms with Crippen LogP contribution >= 0.6 is 0 Å². The molecule has 0 spiro atoms. The van der Waals surface area contributed by atoms with Crippen LogP contribution in [0.3, 0.4) is 0 Å². The first-order valence-corrected chi connectivity index (χ1v) is 5.76. The Balaban J connectivity index is 2.58. The van der Waals surface area contributed by atoms with E-state index in [0.717, 1.165) is 12.8 Å². The van der Waals surface area contributed by atoms with Gasteiger partial charge >= 0.3 is 0 Å². The van der Waals surface area contributed by atoms with Gasteiger partial charge in [0.25, 0.3) is 0 Å². The zero-order valence-electron chi connectivity index (χ0n) is 10.2. The predicted molar refractivity (Wildman–Crippen MR) is 64.0 cm³/mol. The SMILES string of the molecule is CN(C)Cc1c(O)c(=O)cc(CO)n1C1CC1. The Morgan fingerprint density at radius 3 is 2.59 bits per heavy atom. The number of hydrogen-bond acceptors (Lipinski definition) is 4. The van der Waals surface area contributed by atoms with Gasteiger partial charge in [-0.25, -0.2) is 0 Å². The van der Waals surface area contributed by atoms with Gasteiger partial charge in [0.05, 0.1) is 12.3 Å². The van der Waals surface area contributed by atoms with Gasteiger partial charge in [0, 0.05) is 24.3 Å². The van der Waals surface area contributed by atoms with Crippen LogP contribution in [0.2, 0.25) is 0 Å². The smallest absolute Gasteiger partial charge is 0.223 e.